The minimum absolute atomic E-state index is 1.00. The van der Waals surface area contributed by atoms with Crippen molar-refractivity contribution < 1.29 is 0 Å². The highest BCUT2D eigenvalue weighted by Gasteiger charge is 2.03. The summed E-state index contributed by atoms with van der Waals surface area (Å²) < 4.78 is 0. The minimum atomic E-state index is 1.00. The van der Waals surface area contributed by atoms with Crippen molar-refractivity contribution in [2.24, 2.45) is 0 Å². The molecule has 3 aromatic carbocycles. The lowest BCUT2D eigenvalue weighted by molar-refractivity contribution is 1.11. The Bertz CT molecular complexity index is 697. The third-order valence-electron chi connectivity index (χ3n) is 3.90. The largest absolute Gasteiger partial charge is 0.0622 e. The molecule has 0 atom stereocenters. The molecule has 0 nitrogen and oxygen atoms in total. The Morgan fingerprint density at radius 3 is 1.76 bits per heavy atom. The van der Waals surface area contributed by atoms with E-state index < -0.39 is 0 Å². The van der Waals surface area contributed by atoms with Crippen LogP contribution < -0.4 is 0 Å². The summed E-state index contributed by atoms with van der Waals surface area (Å²) in [5, 5.41) is 0. The molecule has 0 aromatic heterocycles. The van der Waals surface area contributed by atoms with Crippen molar-refractivity contribution >= 4 is 0 Å². The van der Waals surface area contributed by atoms with Gasteiger partial charge in [0.2, 0.25) is 0 Å². The van der Waals surface area contributed by atoms with Gasteiger partial charge in [0.25, 0.3) is 0 Å². The lowest BCUT2D eigenvalue weighted by Gasteiger charge is -2.09. The van der Waals surface area contributed by atoms with E-state index in [2.05, 4.69) is 85.8 Å². The molecule has 0 aliphatic carbocycles. The van der Waals surface area contributed by atoms with Gasteiger partial charge in [0.1, 0.15) is 0 Å². The molecule has 0 bridgehead atoms. The van der Waals surface area contributed by atoms with Gasteiger partial charge in [-0.3, -0.25) is 0 Å². The maximum absolute atomic E-state index is 2.36. The molecular formula is C21H20. The molecule has 104 valence electrons. The summed E-state index contributed by atoms with van der Waals surface area (Å²) in [6.07, 6.45) is 2.01. The van der Waals surface area contributed by atoms with Gasteiger partial charge in [0, 0.05) is 0 Å². The zero-order chi connectivity index (χ0) is 14.5. The highest BCUT2D eigenvalue weighted by molar-refractivity contribution is 5.37. The average Bonchev–Trinajstić information content (AvgIpc) is 2.53. The molecule has 3 rings (SSSR count). The van der Waals surface area contributed by atoms with Gasteiger partial charge in [-0.15, -0.1) is 0 Å². The Morgan fingerprint density at radius 2 is 1.14 bits per heavy atom. The Morgan fingerprint density at radius 1 is 0.571 bits per heavy atom. The highest BCUT2D eigenvalue weighted by Crippen LogP contribution is 2.18. The van der Waals surface area contributed by atoms with Gasteiger partial charge >= 0.3 is 0 Å². The maximum atomic E-state index is 2.36. The van der Waals surface area contributed by atoms with Crippen LogP contribution in [0.25, 0.3) is 0 Å². The van der Waals surface area contributed by atoms with E-state index in [4.69, 9.17) is 0 Å². The molecule has 0 radical (unpaired) electrons. The predicted molar refractivity (Wildman–Crippen MR) is 89.7 cm³/mol. The number of hydrogen-bond donors (Lipinski definition) is 0. The zero-order valence-electron chi connectivity index (χ0n) is 12.4. The number of aryl methyl sites for hydroxylation is 1. The van der Waals surface area contributed by atoms with E-state index in [0.717, 1.165) is 12.8 Å². The first-order valence-corrected chi connectivity index (χ1v) is 7.47. The van der Waals surface area contributed by atoms with Gasteiger partial charge in [-0.25, -0.2) is 0 Å². The monoisotopic (exact) mass is 272 g/mol. The van der Waals surface area contributed by atoms with E-state index in [1.165, 1.54) is 27.8 Å². The van der Waals surface area contributed by atoms with Crippen molar-refractivity contribution in [1.82, 2.24) is 0 Å². The lowest BCUT2D eigenvalue weighted by atomic mass is 9.96. The van der Waals surface area contributed by atoms with Crippen LogP contribution >= 0.6 is 0 Å². The van der Waals surface area contributed by atoms with E-state index in [1.54, 1.807) is 0 Å². The zero-order valence-corrected chi connectivity index (χ0v) is 12.4. The molecule has 0 aliphatic heterocycles. The van der Waals surface area contributed by atoms with Gasteiger partial charge in [-0.2, -0.15) is 0 Å². The van der Waals surface area contributed by atoms with E-state index in [1.807, 2.05) is 0 Å². The number of benzene rings is 3. The summed E-state index contributed by atoms with van der Waals surface area (Å²) in [6, 6.07) is 28.2. The molecule has 0 unspecified atom stereocenters. The second-order valence-corrected chi connectivity index (χ2v) is 5.59. The van der Waals surface area contributed by atoms with Crippen LogP contribution in [0.4, 0.5) is 0 Å². The summed E-state index contributed by atoms with van der Waals surface area (Å²) in [7, 11) is 0. The van der Waals surface area contributed by atoms with Crippen molar-refractivity contribution in [2.45, 2.75) is 19.8 Å². The third kappa shape index (κ3) is 3.61. The standard InChI is InChI=1S/C21H20/c1-17-12-13-20(14-18-8-4-2-5-9-18)16-21(17)15-19-10-6-3-7-11-19/h2-13,16H,14-15H2,1H3. The molecule has 0 fully saturated rings. The predicted octanol–water partition coefficient (Wildman–Crippen LogP) is 5.18. The SMILES string of the molecule is Cc1ccc(Cc2ccccc2)cc1Cc1ccccc1. The Kier molecular flexibility index (Phi) is 4.16. The smallest absolute Gasteiger partial charge is 0.00230 e. The minimum Gasteiger partial charge on any atom is -0.0622 e. The van der Waals surface area contributed by atoms with Crippen LogP contribution in [0.15, 0.2) is 78.9 Å². The van der Waals surface area contributed by atoms with Crippen molar-refractivity contribution in [3.63, 3.8) is 0 Å². The Hall–Kier alpha value is -2.34. The lowest BCUT2D eigenvalue weighted by Crippen LogP contribution is -1.95. The van der Waals surface area contributed by atoms with Crippen molar-refractivity contribution in [3.05, 3.63) is 107 Å². The molecule has 0 saturated heterocycles. The molecule has 0 saturated carbocycles. The fourth-order valence-electron chi connectivity index (χ4n) is 2.67. The van der Waals surface area contributed by atoms with Crippen LogP contribution in [-0.4, -0.2) is 0 Å². The summed E-state index contributed by atoms with van der Waals surface area (Å²) >= 11 is 0. The van der Waals surface area contributed by atoms with Gasteiger partial charge in [0.15, 0.2) is 0 Å². The fourth-order valence-corrected chi connectivity index (χ4v) is 2.67. The average molecular weight is 272 g/mol. The second-order valence-electron chi connectivity index (χ2n) is 5.59. The van der Waals surface area contributed by atoms with Gasteiger partial charge < -0.3 is 0 Å². The highest BCUT2D eigenvalue weighted by atomic mass is 14.1. The van der Waals surface area contributed by atoms with Crippen LogP contribution in [-0.2, 0) is 12.8 Å². The number of hydrogen-bond acceptors (Lipinski definition) is 0. The molecule has 0 heterocycles. The molecular weight excluding hydrogens is 252 g/mol. The number of rotatable bonds is 4. The van der Waals surface area contributed by atoms with Crippen molar-refractivity contribution in [3.8, 4) is 0 Å². The summed E-state index contributed by atoms with van der Waals surface area (Å²) in [6.45, 7) is 2.20. The van der Waals surface area contributed by atoms with Gasteiger partial charge in [0.05, 0.1) is 0 Å². The molecule has 3 aromatic rings. The quantitative estimate of drug-likeness (QED) is 0.614. The first-order valence-electron chi connectivity index (χ1n) is 7.47. The van der Waals surface area contributed by atoms with Crippen LogP contribution in [0.5, 0.6) is 0 Å². The van der Waals surface area contributed by atoms with Gasteiger partial charge in [-0.1, -0.05) is 78.9 Å². The molecule has 0 spiro atoms. The molecule has 0 N–H and O–H groups in total. The first kappa shape index (κ1) is 13.6. The Balaban J connectivity index is 1.83. The summed E-state index contributed by atoms with van der Waals surface area (Å²) in [5.74, 6) is 0. The van der Waals surface area contributed by atoms with E-state index in [-0.39, 0.29) is 0 Å². The van der Waals surface area contributed by atoms with E-state index in [0.29, 0.717) is 0 Å². The van der Waals surface area contributed by atoms with Crippen LogP contribution in [0, 0.1) is 6.92 Å². The first-order chi connectivity index (χ1) is 10.3. The fraction of sp³-hybridized carbons (Fsp3) is 0.143. The normalized spacial score (nSPS) is 10.5. The molecule has 0 aliphatic rings. The molecule has 0 amide bonds. The molecule has 21 heavy (non-hydrogen) atoms. The molecule has 0 heteroatoms. The van der Waals surface area contributed by atoms with E-state index in [9.17, 15) is 0 Å². The second kappa shape index (κ2) is 6.41. The topological polar surface area (TPSA) is 0 Å². The van der Waals surface area contributed by atoms with Crippen molar-refractivity contribution in [2.75, 3.05) is 0 Å². The van der Waals surface area contributed by atoms with Gasteiger partial charge in [-0.05, 0) is 47.6 Å². The third-order valence-corrected chi connectivity index (χ3v) is 3.90. The van der Waals surface area contributed by atoms with Crippen LogP contribution in [0.3, 0.4) is 0 Å². The van der Waals surface area contributed by atoms with E-state index >= 15 is 0 Å². The van der Waals surface area contributed by atoms with Crippen LogP contribution in [0.1, 0.15) is 27.8 Å². The Labute approximate surface area is 127 Å². The maximum Gasteiger partial charge on any atom is -0.00230 e. The van der Waals surface area contributed by atoms with Crippen LogP contribution in [0.2, 0.25) is 0 Å². The summed E-state index contributed by atoms with van der Waals surface area (Å²) in [4.78, 5) is 0. The van der Waals surface area contributed by atoms with Crippen molar-refractivity contribution in [1.29, 1.82) is 0 Å². The summed E-state index contributed by atoms with van der Waals surface area (Å²) in [5.41, 5.74) is 6.92.